The molecule has 0 aromatic heterocycles. The minimum Gasteiger partial charge on any atom is -0.358 e. The van der Waals surface area contributed by atoms with Crippen molar-refractivity contribution in [3.63, 3.8) is 0 Å². The maximum absolute atomic E-state index is 11.5. The molecule has 7 nitrogen and oxygen atoms in total. The number of carbonyl (C=O) groups excluding carboxylic acids is 1. The molecule has 0 aliphatic carbocycles. The molecular weight excluding hydrogens is 479 g/mol. The predicted molar refractivity (Wildman–Crippen MR) is 132 cm³/mol. The van der Waals surface area contributed by atoms with E-state index in [2.05, 4.69) is 46.5 Å². The fourth-order valence-electron chi connectivity index (χ4n) is 4.23. The van der Waals surface area contributed by atoms with Crippen LogP contribution in [0.3, 0.4) is 0 Å². The maximum Gasteiger partial charge on any atom is 0.233 e. The number of likely N-dealkylation sites (tertiary alicyclic amines) is 2. The van der Waals surface area contributed by atoms with Crippen molar-refractivity contribution in [2.24, 2.45) is 16.8 Å². The van der Waals surface area contributed by atoms with Crippen LogP contribution in [0.2, 0.25) is 0 Å². The number of carbonyl (C=O) groups is 1. The van der Waals surface area contributed by atoms with E-state index in [1.54, 1.807) is 7.05 Å². The van der Waals surface area contributed by atoms with Crippen LogP contribution in [0, 0.1) is 11.8 Å². The molecule has 2 aliphatic heterocycles. The average Bonchev–Trinajstić information content (AvgIpc) is 2.67. The van der Waals surface area contributed by atoms with E-state index >= 15 is 0 Å². The number of amides is 1. The highest BCUT2D eigenvalue weighted by Crippen LogP contribution is 2.18. The minimum atomic E-state index is 0. The summed E-state index contributed by atoms with van der Waals surface area (Å²) >= 11 is 0. The van der Waals surface area contributed by atoms with Crippen molar-refractivity contribution >= 4 is 35.8 Å². The molecule has 3 N–H and O–H groups in total. The second kappa shape index (κ2) is 14.4. The van der Waals surface area contributed by atoms with Gasteiger partial charge in [-0.1, -0.05) is 13.8 Å². The third-order valence-corrected chi connectivity index (χ3v) is 5.65. The first kappa shape index (κ1) is 26.4. The number of nitrogens with zero attached hydrogens (tertiary/aromatic N) is 3. The molecule has 0 spiro atoms. The molecule has 29 heavy (non-hydrogen) atoms. The van der Waals surface area contributed by atoms with E-state index in [4.69, 9.17) is 4.99 Å². The molecule has 0 bridgehead atoms. The fraction of sp³-hybridized carbons (Fsp3) is 0.905. The zero-order valence-electron chi connectivity index (χ0n) is 18.9. The highest BCUT2D eigenvalue weighted by atomic mass is 127. The Hall–Kier alpha value is -0.610. The molecular formula is C21H43IN6O. The first-order valence-corrected chi connectivity index (χ1v) is 11.2. The molecule has 0 aromatic carbocycles. The molecule has 2 fully saturated rings. The number of piperidine rings is 2. The molecule has 2 aliphatic rings. The van der Waals surface area contributed by atoms with Gasteiger partial charge in [-0.15, -0.1) is 24.0 Å². The van der Waals surface area contributed by atoms with Crippen LogP contribution < -0.4 is 16.0 Å². The van der Waals surface area contributed by atoms with E-state index in [9.17, 15) is 4.79 Å². The van der Waals surface area contributed by atoms with Gasteiger partial charge in [0.25, 0.3) is 0 Å². The zero-order valence-corrected chi connectivity index (χ0v) is 21.2. The van der Waals surface area contributed by atoms with Crippen LogP contribution in [-0.4, -0.2) is 87.1 Å². The lowest BCUT2D eigenvalue weighted by Gasteiger charge is -2.34. The highest BCUT2D eigenvalue weighted by Gasteiger charge is 2.22. The smallest absolute Gasteiger partial charge is 0.233 e. The predicted octanol–water partition coefficient (Wildman–Crippen LogP) is 1.74. The SMILES string of the molecule is CCNC(=NCC1CCCN(CC(C)C)C1)NC1CCN(CC(=O)NC)CC1.I. The van der Waals surface area contributed by atoms with Crippen molar-refractivity contribution < 1.29 is 4.79 Å². The molecule has 8 heteroatoms. The molecule has 0 radical (unpaired) electrons. The van der Waals surface area contributed by atoms with E-state index in [1.165, 1.54) is 32.5 Å². The van der Waals surface area contributed by atoms with Gasteiger partial charge in [0.1, 0.15) is 0 Å². The summed E-state index contributed by atoms with van der Waals surface area (Å²) in [5, 5.41) is 9.74. The Labute approximate surface area is 194 Å². The van der Waals surface area contributed by atoms with E-state index in [1.807, 2.05) is 0 Å². The third-order valence-electron chi connectivity index (χ3n) is 5.65. The highest BCUT2D eigenvalue weighted by molar-refractivity contribution is 14.0. The molecule has 1 atom stereocenters. The zero-order chi connectivity index (χ0) is 20.4. The second-order valence-corrected chi connectivity index (χ2v) is 8.75. The van der Waals surface area contributed by atoms with Crippen LogP contribution in [0.25, 0.3) is 0 Å². The van der Waals surface area contributed by atoms with E-state index in [0.717, 1.165) is 50.9 Å². The Morgan fingerprint density at radius 2 is 1.86 bits per heavy atom. The van der Waals surface area contributed by atoms with Crippen molar-refractivity contribution in [1.82, 2.24) is 25.8 Å². The number of likely N-dealkylation sites (N-methyl/N-ethyl adjacent to an activating group) is 1. The normalized spacial score (nSPS) is 22.2. The molecule has 2 heterocycles. The average molecular weight is 523 g/mol. The van der Waals surface area contributed by atoms with Crippen molar-refractivity contribution in [1.29, 1.82) is 0 Å². The number of guanidine groups is 1. The topological polar surface area (TPSA) is 72.0 Å². The summed E-state index contributed by atoms with van der Waals surface area (Å²) in [6.07, 6.45) is 4.68. The van der Waals surface area contributed by atoms with Gasteiger partial charge in [0.15, 0.2) is 5.96 Å². The van der Waals surface area contributed by atoms with Crippen LogP contribution in [0.1, 0.15) is 46.5 Å². The number of rotatable bonds is 8. The second-order valence-electron chi connectivity index (χ2n) is 8.75. The summed E-state index contributed by atoms with van der Waals surface area (Å²) in [5.74, 6) is 2.45. The molecule has 2 rings (SSSR count). The first-order chi connectivity index (χ1) is 13.5. The standard InChI is InChI=1S/C21H42N6O.HI/c1-5-23-21(24-13-18-7-6-10-27(15-18)14-17(2)3)25-19-8-11-26(12-9-19)16-20(28)22-4;/h17-19H,5-16H2,1-4H3,(H,22,28)(H2,23,24,25);1H. The minimum absolute atomic E-state index is 0. The third kappa shape index (κ3) is 10.3. The van der Waals surface area contributed by atoms with Crippen LogP contribution in [0.5, 0.6) is 0 Å². The van der Waals surface area contributed by atoms with Crippen LogP contribution in [0.4, 0.5) is 0 Å². The Kier molecular flexibility index (Phi) is 13.1. The number of aliphatic imine (C=N–C) groups is 1. The number of nitrogens with one attached hydrogen (secondary N) is 3. The van der Waals surface area contributed by atoms with Gasteiger partial charge in [-0.05, 0) is 51.0 Å². The van der Waals surface area contributed by atoms with E-state index in [0.29, 0.717) is 18.5 Å². The number of halogens is 1. The van der Waals surface area contributed by atoms with Crippen molar-refractivity contribution in [3.8, 4) is 0 Å². The van der Waals surface area contributed by atoms with Gasteiger partial charge < -0.3 is 20.9 Å². The quantitative estimate of drug-likeness (QED) is 0.258. The molecule has 0 saturated carbocycles. The molecule has 1 amide bonds. The Morgan fingerprint density at radius 3 is 2.48 bits per heavy atom. The van der Waals surface area contributed by atoms with Gasteiger partial charge in [0.2, 0.25) is 5.91 Å². The molecule has 1 unspecified atom stereocenters. The number of hydrogen-bond acceptors (Lipinski definition) is 4. The van der Waals surface area contributed by atoms with Crippen LogP contribution in [-0.2, 0) is 4.79 Å². The van der Waals surface area contributed by atoms with Gasteiger partial charge in [-0.2, -0.15) is 0 Å². The summed E-state index contributed by atoms with van der Waals surface area (Å²) in [6.45, 7) is 14.5. The maximum atomic E-state index is 11.5. The van der Waals surface area contributed by atoms with Crippen molar-refractivity contribution in [2.75, 3.05) is 59.4 Å². The Morgan fingerprint density at radius 1 is 1.14 bits per heavy atom. The lowest BCUT2D eigenvalue weighted by Crippen LogP contribution is -2.50. The lowest BCUT2D eigenvalue weighted by atomic mass is 9.97. The van der Waals surface area contributed by atoms with Gasteiger partial charge in [0.05, 0.1) is 6.54 Å². The van der Waals surface area contributed by atoms with Gasteiger partial charge >= 0.3 is 0 Å². The van der Waals surface area contributed by atoms with Gasteiger partial charge in [-0.25, -0.2) is 0 Å². The summed E-state index contributed by atoms with van der Waals surface area (Å²) in [7, 11) is 1.70. The Bertz CT molecular complexity index is 494. The number of hydrogen-bond donors (Lipinski definition) is 3. The van der Waals surface area contributed by atoms with Gasteiger partial charge in [0, 0.05) is 52.4 Å². The van der Waals surface area contributed by atoms with Crippen molar-refractivity contribution in [2.45, 2.75) is 52.5 Å². The fourth-order valence-corrected chi connectivity index (χ4v) is 4.23. The summed E-state index contributed by atoms with van der Waals surface area (Å²) in [6, 6.07) is 0.433. The molecule has 170 valence electrons. The lowest BCUT2D eigenvalue weighted by molar-refractivity contribution is -0.122. The van der Waals surface area contributed by atoms with E-state index in [-0.39, 0.29) is 29.9 Å². The largest absolute Gasteiger partial charge is 0.358 e. The van der Waals surface area contributed by atoms with Gasteiger partial charge in [-0.3, -0.25) is 14.7 Å². The molecule has 0 aromatic rings. The summed E-state index contributed by atoms with van der Waals surface area (Å²) in [5.41, 5.74) is 0. The van der Waals surface area contributed by atoms with Crippen LogP contribution >= 0.6 is 24.0 Å². The Balaban J connectivity index is 0.00000420. The summed E-state index contributed by atoms with van der Waals surface area (Å²) < 4.78 is 0. The summed E-state index contributed by atoms with van der Waals surface area (Å²) in [4.78, 5) is 21.3. The monoisotopic (exact) mass is 522 g/mol. The van der Waals surface area contributed by atoms with Crippen LogP contribution in [0.15, 0.2) is 4.99 Å². The van der Waals surface area contributed by atoms with E-state index < -0.39 is 0 Å². The van der Waals surface area contributed by atoms with Crippen molar-refractivity contribution in [3.05, 3.63) is 0 Å². The first-order valence-electron chi connectivity index (χ1n) is 11.2. The molecule has 2 saturated heterocycles.